The molecule has 27 heavy (non-hydrogen) atoms. The standard InChI is InChI=1S/C21H27NO5/c1-3-4-5-12-27-20-14-16(7-9-19(20)26-2)21(25)22-11-10-15-6-8-17(23)18(24)13-15/h6-9,13-14,23-24H,3-5,10-12H2,1-2H3,(H,22,25). The molecule has 2 rings (SSSR count). The van der Waals surface area contributed by atoms with Gasteiger partial charge in [-0.3, -0.25) is 4.79 Å². The fraction of sp³-hybridized carbons (Fsp3) is 0.381. The summed E-state index contributed by atoms with van der Waals surface area (Å²) in [4.78, 5) is 12.4. The summed E-state index contributed by atoms with van der Waals surface area (Å²) in [6, 6.07) is 9.72. The van der Waals surface area contributed by atoms with Crippen molar-refractivity contribution in [1.82, 2.24) is 5.32 Å². The molecule has 0 aromatic heterocycles. The van der Waals surface area contributed by atoms with Crippen molar-refractivity contribution in [2.45, 2.75) is 32.6 Å². The van der Waals surface area contributed by atoms with E-state index < -0.39 is 0 Å². The van der Waals surface area contributed by atoms with Crippen LogP contribution < -0.4 is 14.8 Å². The fourth-order valence-corrected chi connectivity index (χ4v) is 2.61. The monoisotopic (exact) mass is 373 g/mol. The van der Waals surface area contributed by atoms with Gasteiger partial charge in [-0.25, -0.2) is 0 Å². The van der Waals surface area contributed by atoms with Crippen LogP contribution in [0.2, 0.25) is 0 Å². The van der Waals surface area contributed by atoms with Crippen molar-refractivity contribution in [2.75, 3.05) is 20.3 Å². The van der Waals surface area contributed by atoms with E-state index in [-0.39, 0.29) is 17.4 Å². The molecule has 6 nitrogen and oxygen atoms in total. The molecule has 0 aliphatic carbocycles. The van der Waals surface area contributed by atoms with Crippen molar-refractivity contribution < 1.29 is 24.5 Å². The number of methoxy groups -OCH3 is 1. The molecule has 146 valence electrons. The molecule has 2 aromatic rings. The summed E-state index contributed by atoms with van der Waals surface area (Å²) in [6.45, 7) is 3.12. The summed E-state index contributed by atoms with van der Waals surface area (Å²) in [5, 5.41) is 21.7. The first-order valence-corrected chi connectivity index (χ1v) is 9.15. The van der Waals surface area contributed by atoms with Crippen LogP contribution in [-0.4, -0.2) is 36.4 Å². The average Bonchev–Trinajstić information content (AvgIpc) is 2.67. The van der Waals surface area contributed by atoms with Crippen molar-refractivity contribution in [3.8, 4) is 23.0 Å². The van der Waals surface area contributed by atoms with E-state index in [4.69, 9.17) is 9.47 Å². The summed E-state index contributed by atoms with van der Waals surface area (Å²) in [6.07, 6.45) is 3.70. The highest BCUT2D eigenvalue weighted by Crippen LogP contribution is 2.28. The third-order valence-corrected chi connectivity index (χ3v) is 4.17. The molecule has 0 saturated heterocycles. The Kier molecular flexibility index (Phi) is 7.79. The number of aromatic hydroxyl groups is 2. The summed E-state index contributed by atoms with van der Waals surface area (Å²) in [5.41, 5.74) is 1.31. The van der Waals surface area contributed by atoms with Gasteiger partial charge < -0.3 is 25.0 Å². The Morgan fingerprint density at radius 2 is 1.85 bits per heavy atom. The van der Waals surface area contributed by atoms with Gasteiger partial charge in [0, 0.05) is 12.1 Å². The van der Waals surface area contributed by atoms with Crippen molar-refractivity contribution in [3.05, 3.63) is 47.5 Å². The van der Waals surface area contributed by atoms with Crippen LogP contribution in [-0.2, 0) is 6.42 Å². The minimum Gasteiger partial charge on any atom is -0.504 e. The van der Waals surface area contributed by atoms with E-state index in [1.54, 1.807) is 31.4 Å². The fourth-order valence-electron chi connectivity index (χ4n) is 2.61. The third kappa shape index (κ3) is 6.09. The lowest BCUT2D eigenvalue weighted by atomic mass is 10.1. The Labute approximate surface area is 159 Å². The largest absolute Gasteiger partial charge is 0.504 e. The lowest BCUT2D eigenvalue weighted by molar-refractivity contribution is 0.0953. The number of rotatable bonds is 10. The number of hydrogen-bond donors (Lipinski definition) is 3. The second-order valence-electron chi connectivity index (χ2n) is 6.25. The van der Waals surface area contributed by atoms with E-state index in [1.165, 1.54) is 12.1 Å². The van der Waals surface area contributed by atoms with Crippen LogP contribution in [0.4, 0.5) is 0 Å². The van der Waals surface area contributed by atoms with Crippen LogP contribution in [0.25, 0.3) is 0 Å². The van der Waals surface area contributed by atoms with E-state index >= 15 is 0 Å². The summed E-state index contributed by atoms with van der Waals surface area (Å²) < 4.78 is 11.1. The molecular formula is C21H27NO5. The number of unbranched alkanes of at least 4 members (excludes halogenated alkanes) is 2. The zero-order valence-electron chi connectivity index (χ0n) is 15.8. The van der Waals surface area contributed by atoms with Gasteiger partial charge in [-0.05, 0) is 48.7 Å². The van der Waals surface area contributed by atoms with Crippen LogP contribution in [0.1, 0.15) is 42.1 Å². The van der Waals surface area contributed by atoms with Gasteiger partial charge in [0.15, 0.2) is 23.0 Å². The number of hydrogen-bond acceptors (Lipinski definition) is 5. The number of amides is 1. The number of phenolic OH excluding ortho intramolecular Hbond substituents is 2. The van der Waals surface area contributed by atoms with E-state index in [9.17, 15) is 15.0 Å². The highest BCUT2D eigenvalue weighted by atomic mass is 16.5. The molecule has 0 aliphatic heterocycles. The Bertz CT molecular complexity index is 760. The van der Waals surface area contributed by atoms with Crippen molar-refractivity contribution >= 4 is 5.91 Å². The Morgan fingerprint density at radius 3 is 2.56 bits per heavy atom. The first-order chi connectivity index (χ1) is 13.0. The molecule has 0 bridgehead atoms. The molecule has 1 amide bonds. The molecule has 0 fully saturated rings. The SMILES string of the molecule is CCCCCOc1cc(C(=O)NCCc2ccc(O)c(O)c2)ccc1OC. The Balaban J connectivity index is 1.93. The van der Waals surface area contributed by atoms with E-state index in [1.807, 2.05) is 0 Å². The molecule has 0 aliphatic rings. The van der Waals surface area contributed by atoms with Crippen molar-refractivity contribution in [3.63, 3.8) is 0 Å². The van der Waals surface area contributed by atoms with E-state index in [0.29, 0.717) is 36.6 Å². The minimum atomic E-state index is -0.209. The van der Waals surface area contributed by atoms with Crippen LogP contribution in [0.5, 0.6) is 23.0 Å². The summed E-state index contributed by atoms with van der Waals surface area (Å²) in [5.74, 6) is 0.623. The van der Waals surface area contributed by atoms with Crippen molar-refractivity contribution in [2.24, 2.45) is 0 Å². The zero-order valence-corrected chi connectivity index (χ0v) is 15.8. The zero-order chi connectivity index (χ0) is 19.6. The number of carbonyl (C=O) groups excluding carboxylic acids is 1. The van der Waals surface area contributed by atoms with Crippen LogP contribution in [0.3, 0.4) is 0 Å². The normalized spacial score (nSPS) is 10.4. The molecule has 0 radical (unpaired) electrons. The Hall–Kier alpha value is -2.89. The first-order valence-electron chi connectivity index (χ1n) is 9.15. The average molecular weight is 373 g/mol. The first kappa shape index (κ1) is 20.4. The predicted octanol–water partition coefficient (Wildman–Crippen LogP) is 3.65. The quantitative estimate of drug-likeness (QED) is 0.437. The van der Waals surface area contributed by atoms with Gasteiger partial charge in [0.25, 0.3) is 5.91 Å². The molecule has 0 heterocycles. The Morgan fingerprint density at radius 1 is 1.04 bits per heavy atom. The van der Waals surface area contributed by atoms with Gasteiger partial charge in [0.2, 0.25) is 0 Å². The molecular weight excluding hydrogens is 346 g/mol. The van der Waals surface area contributed by atoms with Crippen LogP contribution >= 0.6 is 0 Å². The molecule has 3 N–H and O–H groups in total. The maximum Gasteiger partial charge on any atom is 0.251 e. The second-order valence-corrected chi connectivity index (χ2v) is 6.25. The number of nitrogens with one attached hydrogen (secondary N) is 1. The van der Waals surface area contributed by atoms with Gasteiger partial charge in [0.05, 0.1) is 13.7 Å². The molecule has 6 heteroatoms. The van der Waals surface area contributed by atoms with Gasteiger partial charge in [-0.15, -0.1) is 0 Å². The number of benzene rings is 2. The topological polar surface area (TPSA) is 88.0 Å². The van der Waals surface area contributed by atoms with Gasteiger partial charge in [-0.1, -0.05) is 25.8 Å². The smallest absolute Gasteiger partial charge is 0.251 e. The molecule has 0 atom stereocenters. The van der Waals surface area contributed by atoms with Gasteiger partial charge in [-0.2, -0.15) is 0 Å². The minimum absolute atomic E-state index is 0.160. The van der Waals surface area contributed by atoms with Gasteiger partial charge in [0.1, 0.15) is 0 Å². The highest BCUT2D eigenvalue weighted by Gasteiger charge is 2.11. The number of ether oxygens (including phenoxy) is 2. The number of phenols is 2. The molecule has 0 saturated carbocycles. The molecule has 0 unspecified atom stereocenters. The molecule has 2 aromatic carbocycles. The second kappa shape index (κ2) is 10.3. The maximum absolute atomic E-state index is 12.4. The molecule has 0 spiro atoms. The van der Waals surface area contributed by atoms with Crippen LogP contribution in [0, 0.1) is 0 Å². The van der Waals surface area contributed by atoms with Gasteiger partial charge >= 0.3 is 0 Å². The lowest BCUT2D eigenvalue weighted by Gasteiger charge is -2.12. The third-order valence-electron chi connectivity index (χ3n) is 4.17. The summed E-state index contributed by atoms with van der Waals surface area (Å²) >= 11 is 0. The van der Waals surface area contributed by atoms with Crippen LogP contribution in [0.15, 0.2) is 36.4 Å². The number of carbonyl (C=O) groups is 1. The maximum atomic E-state index is 12.4. The summed E-state index contributed by atoms with van der Waals surface area (Å²) in [7, 11) is 1.57. The van der Waals surface area contributed by atoms with Crippen molar-refractivity contribution in [1.29, 1.82) is 0 Å². The highest BCUT2D eigenvalue weighted by molar-refractivity contribution is 5.94. The van der Waals surface area contributed by atoms with E-state index in [2.05, 4.69) is 12.2 Å². The lowest BCUT2D eigenvalue weighted by Crippen LogP contribution is -2.25. The predicted molar refractivity (Wildman–Crippen MR) is 104 cm³/mol. The van der Waals surface area contributed by atoms with E-state index in [0.717, 1.165) is 24.8 Å².